The standard InChI is InChI=1S/C13H13NOS2/c1-10(15)12-7-14-13(17-9-12)16-8-11-5-3-2-4-6-11/h2-7H,8-9H2,1H3. The zero-order chi connectivity index (χ0) is 12.1. The summed E-state index contributed by atoms with van der Waals surface area (Å²) in [5.41, 5.74) is 2.10. The van der Waals surface area contributed by atoms with Crippen LogP contribution in [0.5, 0.6) is 0 Å². The van der Waals surface area contributed by atoms with Gasteiger partial charge >= 0.3 is 0 Å². The molecule has 0 bridgehead atoms. The minimum Gasteiger partial charge on any atom is -0.295 e. The van der Waals surface area contributed by atoms with E-state index < -0.39 is 0 Å². The number of carbonyl (C=O) groups is 1. The monoisotopic (exact) mass is 263 g/mol. The molecule has 17 heavy (non-hydrogen) atoms. The van der Waals surface area contributed by atoms with Gasteiger partial charge in [-0.15, -0.1) is 0 Å². The van der Waals surface area contributed by atoms with Gasteiger partial charge in [0, 0.05) is 23.3 Å². The largest absolute Gasteiger partial charge is 0.295 e. The van der Waals surface area contributed by atoms with Gasteiger partial charge in [0.1, 0.15) is 4.38 Å². The molecule has 1 aliphatic heterocycles. The zero-order valence-electron chi connectivity index (χ0n) is 9.55. The van der Waals surface area contributed by atoms with Crippen LogP contribution in [0.2, 0.25) is 0 Å². The predicted molar refractivity (Wildman–Crippen MR) is 76.4 cm³/mol. The summed E-state index contributed by atoms with van der Waals surface area (Å²) in [5.74, 6) is 1.79. The van der Waals surface area contributed by atoms with Crippen molar-refractivity contribution >= 4 is 33.7 Å². The van der Waals surface area contributed by atoms with Crippen molar-refractivity contribution in [1.82, 2.24) is 0 Å². The van der Waals surface area contributed by atoms with Gasteiger partial charge < -0.3 is 0 Å². The van der Waals surface area contributed by atoms with Crippen LogP contribution in [0, 0.1) is 0 Å². The van der Waals surface area contributed by atoms with Crippen LogP contribution in [0.25, 0.3) is 0 Å². The van der Waals surface area contributed by atoms with Crippen molar-refractivity contribution in [2.24, 2.45) is 4.99 Å². The Morgan fingerprint density at radius 3 is 2.76 bits per heavy atom. The Morgan fingerprint density at radius 1 is 1.41 bits per heavy atom. The van der Waals surface area contributed by atoms with Crippen LogP contribution in [0.15, 0.2) is 47.1 Å². The molecule has 1 aromatic rings. The number of Topliss-reactive ketones (excluding diaryl/α,β-unsaturated/α-hetero) is 1. The maximum absolute atomic E-state index is 11.1. The maximum atomic E-state index is 11.1. The third kappa shape index (κ3) is 3.75. The number of thioether (sulfide) groups is 2. The highest BCUT2D eigenvalue weighted by Gasteiger charge is 2.12. The molecular formula is C13H13NOS2. The summed E-state index contributed by atoms with van der Waals surface area (Å²) in [7, 11) is 0. The first-order valence-corrected chi connectivity index (χ1v) is 7.30. The average molecular weight is 263 g/mol. The van der Waals surface area contributed by atoms with E-state index in [4.69, 9.17) is 0 Å². The highest BCUT2D eigenvalue weighted by atomic mass is 32.2. The fraction of sp³-hybridized carbons (Fsp3) is 0.231. The minimum absolute atomic E-state index is 0.119. The van der Waals surface area contributed by atoms with Gasteiger partial charge in [0.05, 0.1) is 0 Å². The number of rotatable bonds is 3. The normalized spacial score (nSPS) is 15.1. The first kappa shape index (κ1) is 12.5. The molecule has 1 heterocycles. The Labute approximate surface area is 110 Å². The Morgan fingerprint density at radius 2 is 2.18 bits per heavy atom. The summed E-state index contributed by atoms with van der Waals surface area (Å²) in [6, 6.07) is 10.3. The van der Waals surface area contributed by atoms with Gasteiger partial charge in [0.25, 0.3) is 0 Å². The third-order valence-electron chi connectivity index (χ3n) is 2.33. The van der Waals surface area contributed by atoms with Crippen LogP contribution in [0.1, 0.15) is 12.5 Å². The van der Waals surface area contributed by atoms with Gasteiger partial charge in [-0.05, 0) is 12.5 Å². The SMILES string of the molecule is CC(=O)C1=CN=C(SCc2ccccc2)SC1. The van der Waals surface area contributed by atoms with E-state index in [0.717, 1.165) is 21.5 Å². The highest BCUT2D eigenvalue weighted by molar-refractivity contribution is 8.38. The summed E-state index contributed by atoms with van der Waals surface area (Å²) < 4.78 is 1.04. The molecule has 0 N–H and O–H groups in total. The van der Waals surface area contributed by atoms with Gasteiger partial charge in [-0.3, -0.25) is 4.79 Å². The third-order valence-corrected chi connectivity index (χ3v) is 4.68. The number of hydrogen-bond acceptors (Lipinski definition) is 4. The Balaban J connectivity index is 1.91. The van der Waals surface area contributed by atoms with Gasteiger partial charge in [-0.1, -0.05) is 53.9 Å². The molecule has 1 aliphatic rings. The van der Waals surface area contributed by atoms with E-state index in [1.54, 1.807) is 36.6 Å². The fourth-order valence-corrected chi connectivity index (χ4v) is 3.32. The van der Waals surface area contributed by atoms with Crippen LogP contribution in [0.4, 0.5) is 0 Å². The van der Waals surface area contributed by atoms with Crippen molar-refractivity contribution in [2.75, 3.05) is 5.75 Å². The second-order valence-electron chi connectivity index (χ2n) is 3.67. The lowest BCUT2D eigenvalue weighted by Gasteiger charge is -2.10. The smallest absolute Gasteiger partial charge is 0.158 e. The second kappa shape index (κ2) is 6.07. The number of carbonyl (C=O) groups excluding carboxylic acids is 1. The lowest BCUT2D eigenvalue weighted by atomic mass is 10.2. The van der Waals surface area contributed by atoms with E-state index in [9.17, 15) is 4.79 Å². The van der Waals surface area contributed by atoms with Crippen molar-refractivity contribution in [3.8, 4) is 0 Å². The zero-order valence-corrected chi connectivity index (χ0v) is 11.2. The molecule has 0 saturated heterocycles. The molecule has 0 radical (unpaired) electrons. The van der Waals surface area contributed by atoms with Crippen LogP contribution >= 0.6 is 23.5 Å². The fourth-order valence-electron chi connectivity index (χ4n) is 1.34. The lowest BCUT2D eigenvalue weighted by molar-refractivity contribution is -0.113. The molecule has 1 aromatic carbocycles. The molecular weight excluding hydrogens is 250 g/mol. The van der Waals surface area contributed by atoms with E-state index in [1.807, 2.05) is 18.2 Å². The van der Waals surface area contributed by atoms with Gasteiger partial charge in [0.15, 0.2) is 5.78 Å². The van der Waals surface area contributed by atoms with Crippen LogP contribution in [-0.4, -0.2) is 15.9 Å². The molecule has 0 atom stereocenters. The van der Waals surface area contributed by atoms with E-state index in [-0.39, 0.29) is 5.78 Å². The molecule has 2 rings (SSSR count). The summed E-state index contributed by atoms with van der Waals surface area (Å²) in [6.07, 6.45) is 1.70. The van der Waals surface area contributed by atoms with Crippen molar-refractivity contribution in [1.29, 1.82) is 0 Å². The molecule has 88 valence electrons. The Bertz CT molecular complexity index is 466. The number of aliphatic imine (C=N–C) groups is 1. The molecule has 0 aliphatic carbocycles. The molecule has 0 unspecified atom stereocenters. The molecule has 2 nitrogen and oxygen atoms in total. The average Bonchev–Trinajstić information content (AvgIpc) is 2.38. The van der Waals surface area contributed by atoms with Crippen molar-refractivity contribution in [3.63, 3.8) is 0 Å². The van der Waals surface area contributed by atoms with Crippen LogP contribution < -0.4 is 0 Å². The summed E-state index contributed by atoms with van der Waals surface area (Å²) in [5, 5.41) is 0. The number of ketones is 1. The minimum atomic E-state index is 0.119. The molecule has 4 heteroatoms. The van der Waals surface area contributed by atoms with Crippen LogP contribution in [-0.2, 0) is 10.5 Å². The number of hydrogen-bond donors (Lipinski definition) is 0. The number of nitrogens with zero attached hydrogens (tertiary/aromatic N) is 1. The topological polar surface area (TPSA) is 29.4 Å². The predicted octanol–water partition coefficient (Wildman–Crippen LogP) is 3.50. The Kier molecular flexibility index (Phi) is 4.45. The summed E-state index contributed by atoms with van der Waals surface area (Å²) in [6.45, 7) is 1.59. The van der Waals surface area contributed by atoms with Gasteiger partial charge in [-0.2, -0.15) is 0 Å². The van der Waals surface area contributed by atoms with E-state index >= 15 is 0 Å². The molecule has 0 fully saturated rings. The number of benzene rings is 1. The quantitative estimate of drug-likeness (QED) is 0.836. The van der Waals surface area contributed by atoms with Crippen molar-refractivity contribution in [2.45, 2.75) is 12.7 Å². The first-order valence-electron chi connectivity index (χ1n) is 5.33. The van der Waals surface area contributed by atoms with E-state index in [2.05, 4.69) is 17.1 Å². The summed E-state index contributed by atoms with van der Waals surface area (Å²) >= 11 is 3.36. The van der Waals surface area contributed by atoms with Gasteiger partial charge in [0.2, 0.25) is 0 Å². The highest BCUT2D eigenvalue weighted by Crippen LogP contribution is 2.26. The molecule has 0 spiro atoms. The first-order chi connectivity index (χ1) is 8.25. The maximum Gasteiger partial charge on any atom is 0.158 e. The lowest BCUT2D eigenvalue weighted by Crippen LogP contribution is -2.05. The van der Waals surface area contributed by atoms with Gasteiger partial charge in [-0.25, -0.2) is 4.99 Å². The Hall–Kier alpha value is -1.00. The van der Waals surface area contributed by atoms with Crippen molar-refractivity contribution in [3.05, 3.63) is 47.7 Å². The molecule has 0 amide bonds. The van der Waals surface area contributed by atoms with Crippen molar-refractivity contribution < 1.29 is 4.79 Å². The molecule has 0 aromatic heterocycles. The molecule has 0 saturated carbocycles. The van der Waals surface area contributed by atoms with Crippen LogP contribution in [0.3, 0.4) is 0 Å². The van der Waals surface area contributed by atoms with E-state index in [0.29, 0.717) is 0 Å². The van der Waals surface area contributed by atoms with E-state index in [1.165, 1.54) is 5.56 Å². The second-order valence-corrected chi connectivity index (χ2v) is 5.85. The summed E-state index contributed by atoms with van der Waals surface area (Å²) in [4.78, 5) is 15.4.